The molecule has 86 valence electrons. The molecule has 0 aliphatic rings. The third-order valence-corrected chi connectivity index (χ3v) is 1.97. The van der Waals surface area contributed by atoms with E-state index in [2.05, 4.69) is 10.5 Å². The summed E-state index contributed by atoms with van der Waals surface area (Å²) in [6.07, 6.45) is 0. The van der Waals surface area contributed by atoms with Gasteiger partial charge in [-0.15, -0.1) is 0 Å². The summed E-state index contributed by atoms with van der Waals surface area (Å²) in [7, 11) is 0. The first-order chi connectivity index (χ1) is 7.65. The van der Waals surface area contributed by atoms with Crippen LogP contribution < -0.4 is 5.43 Å². The highest BCUT2D eigenvalue weighted by molar-refractivity contribution is 5.98. The number of benzene rings is 1. The SMILES string of the molecule is C/C(=N\NCCO)c1ccc([N+](=O)[O-])cc1. The van der Waals surface area contributed by atoms with Gasteiger partial charge in [0.2, 0.25) is 0 Å². The van der Waals surface area contributed by atoms with Crippen LogP contribution in [0.15, 0.2) is 29.4 Å². The van der Waals surface area contributed by atoms with Gasteiger partial charge < -0.3 is 10.5 Å². The van der Waals surface area contributed by atoms with Crippen molar-refractivity contribution in [3.05, 3.63) is 39.9 Å². The van der Waals surface area contributed by atoms with Crippen LogP contribution in [0.4, 0.5) is 5.69 Å². The standard InChI is InChI=1S/C10H13N3O3/c1-8(12-11-6-7-14)9-2-4-10(5-3-9)13(15)16/h2-5,11,14H,6-7H2,1H3/b12-8+. The van der Waals surface area contributed by atoms with Crippen molar-refractivity contribution in [2.75, 3.05) is 13.2 Å². The fraction of sp³-hybridized carbons (Fsp3) is 0.300. The second-order valence-corrected chi connectivity index (χ2v) is 3.13. The molecule has 1 aromatic carbocycles. The van der Waals surface area contributed by atoms with Crippen LogP contribution in [0.3, 0.4) is 0 Å². The van der Waals surface area contributed by atoms with Gasteiger partial charge in [0.15, 0.2) is 0 Å². The molecule has 0 amide bonds. The Labute approximate surface area is 92.8 Å². The van der Waals surface area contributed by atoms with E-state index < -0.39 is 4.92 Å². The van der Waals surface area contributed by atoms with Crippen molar-refractivity contribution < 1.29 is 10.0 Å². The van der Waals surface area contributed by atoms with Crippen LogP contribution in [-0.4, -0.2) is 28.9 Å². The fourth-order valence-electron chi connectivity index (χ4n) is 1.11. The van der Waals surface area contributed by atoms with E-state index in [9.17, 15) is 10.1 Å². The molecule has 0 saturated heterocycles. The van der Waals surface area contributed by atoms with Gasteiger partial charge in [-0.05, 0) is 24.6 Å². The lowest BCUT2D eigenvalue weighted by Gasteiger charge is -2.01. The number of hydrogen-bond acceptors (Lipinski definition) is 5. The van der Waals surface area contributed by atoms with E-state index in [4.69, 9.17) is 5.11 Å². The Morgan fingerprint density at radius 3 is 2.62 bits per heavy atom. The highest BCUT2D eigenvalue weighted by atomic mass is 16.6. The Morgan fingerprint density at radius 2 is 2.12 bits per heavy atom. The smallest absolute Gasteiger partial charge is 0.269 e. The molecule has 0 aliphatic carbocycles. The number of aliphatic hydroxyl groups is 1. The van der Waals surface area contributed by atoms with E-state index in [0.717, 1.165) is 5.56 Å². The first kappa shape index (κ1) is 12.1. The number of nitrogens with one attached hydrogen (secondary N) is 1. The molecule has 2 N–H and O–H groups in total. The van der Waals surface area contributed by atoms with Crippen molar-refractivity contribution in [2.24, 2.45) is 5.10 Å². The van der Waals surface area contributed by atoms with Gasteiger partial charge in [0, 0.05) is 12.1 Å². The molecule has 1 aromatic rings. The predicted molar refractivity (Wildman–Crippen MR) is 60.4 cm³/mol. The number of non-ortho nitro benzene ring substituents is 1. The lowest BCUT2D eigenvalue weighted by molar-refractivity contribution is -0.384. The second kappa shape index (κ2) is 5.82. The molecule has 16 heavy (non-hydrogen) atoms. The monoisotopic (exact) mass is 223 g/mol. The van der Waals surface area contributed by atoms with Crippen LogP contribution in [0, 0.1) is 10.1 Å². The lowest BCUT2D eigenvalue weighted by Crippen LogP contribution is -2.13. The molecule has 0 aliphatic heterocycles. The number of rotatable bonds is 5. The van der Waals surface area contributed by atoms with E-state index in [0.29, 0.717) is 12.3 Å². The number of nitro groups is 1. The summed E-state index contributed by atoms with van der Waals surface area (Å²) in [6.45, 7) is 2.17. The van der Waals surface area contributed by atoms with Crippen molar-refractivity contribution >= 4 is 11.4 Å². The van der Waals surface area contributed by atoms with Gasteiger partial charge in [-0.3, -0.25) is 10.1 Å². The van der Waals surface area contributed by atoms with Gasteiger partial charge in [0.05, 0.1) is 23.8 Å². The van der Waals surface area contributed by atoms with Crippen LogP contribution in [0.1, 0.15) is 12.5 Å². The number of nitrogens with zero attached hydrogens (tertiary/aromatic N) is 2. The zero-order chi connectivity index (χ0) is 12.0. The molecule has 0 radical (unpaired) electrons. The van der Waals surface area contributed by atoms with Gasteiger partial charge in [-0.2, -0.15) is 5.10 Å². The average Bonchev–Trinajstić information content (AvgIpc) is 2.29. The molecule has 6 nitrogen and oxygen atoms in total. The fourth-order valence-corrected chi connectivity index (χ4v) is 1.11. The Balaban J connectivity index is 2.73. The van der Waals surface area contributed by atoms with Crippen molar-refractivity contribution in [1.29, 1.82) is 0 Å². The molecule has 0 bridgehead atoms. The Morgan fingerprint density at radius 1 is 1.50 bits per heavy atom. The minimum absolute atomic E-state index is 0.0110. The summed E-state index contributed by atoms with van der Waals surface area (Å²) in [5.41, 5.74) is 4.24. The maximum atomic E-state index is 10.4. The summed E-state index contributed by atoms with van der Waals surface area (Å²) in [5.74, 6) is 0. The van der Waals surface area contributed by atoms with E-state index in [1.807, 2.05) is 0 Å². The molecular weight excluding hydrogens is 210 g/mol. The summed E-state index contributed by atoms with van der Waals surface area (Å²) in [6, 6.07) is 6.13. The Kier molecular flexibility index (Phi) is 4.41. The largest absolute Gasteiger partial charge is 0.394 e. The lowest BCUT2D eigenvalue weighted by atomic mass is 10.1. The molecule has 0 saturated carbocycles. The molecule has 0 aromatic heterocycles. The summed E-state index contributed by atoms with van der Waals surface area (Å²) in [4.78, 5) is 9.98. The molecule has 0 atom stereocenters. The second-order valence-electron chi connectivity index (χ2n) is 3.13. The summed E-state index contributed by atoms with van der Waals surface area (Å²) in [5, 5.41) is 23.0. The molecule has 1 rings (SSSR count). The normalized spacial score (nSPS) is 11.2. The maximum Gasteiger partial charge on any atom is 0.269 e. The quantitative estimate of drug-likeness (QED) is 0.336. The number of hydrogen-bond donors (Lipinski definition) is 2. The van der Waals surface area contributed by atoms with Crippen molar-refractivity contribution in [3.63, 3.8) is 0 Å². The minimum Gasteiger partial charge on any atom is -0.394 e. The third-order valence-electron chi connectivity index (χ3n) is 1.97. The molecule has 0 fully saturated rings. The van der Waals surface area contributed by atoms with Crippen LogP contribution in [0.25, 0.3) is 0 Å². The van der Waals surface area contributed by atoms with Gasteiger partial charge in [0.1, 0.15) is 0 Å². The van der Waals surface area contributed by atoms with Gasteiger partial charge in [-0.25, -0.2) is 0 Å². The van der Waals surface area contributed by atoms with E-state index in [-0.39, 0.29) is 12.3 Å². The van der Waals surface area contributed by atoms with Crippen molar-refractivity contribution in [3.8, 4) is 0 Å². The van der Waals surface area contributed by atoms with E-state index in [1.54, 1.807) is 19.1 Å². The van der Waals surface area contributed by atoms with E-state index >= 15 is 0 Å². The minimum atomic E-state index is -0.444. The first-order valence-corrected chi connectivity index (χ1v) is 4.78. The zero-order valence-electron chi connectivity index (χ0n) is 8.88. The summed E-state index contributed by atoms with van der Waals surface area (Å²) < 4.78 is 0. The third kappa shape index (κ3) is 3.32. The topological polar surface area (TPSA) is 87.8 Å². The zero-order valence-corrected chi connectivity index (χ0v) is 8.88. The van der Waals surface area contributed by atoms with Crippen LogP contribution >= 0.6 is 0 Å². The van der Waals surface area contributed by atoms with Crippen molar-refractivity contribution in [1.82, 2.24) is 5.43 Å². The van der Waals surface area contributed by atoms with Gasteiger partial charge >= 0.3 is 0 Å². The van der Waals surface area contributed by atoms with Crippen LogP contribution in [0.2, 0.25) is 0 Å². The Bertz CT molecular complexity index is 387. The van der Waals surface area contributed by atoms with Crippen LogP contribution in [0.5, 0.6) is 0 Å². The maximum absolute atomic E-state index is 10.4. The number of nitro benzene ring substituents is 1. The number of aliphatic hydroxyl groups excluding tert-OH is 1. The molecule has 0 spiro atoms. The Hall–Kier alpha value is -1.95. The molecule has 6 heteroatoms. The average molecular weight is 223 g/mol. The number of hydrazone groups is 1. The van der Waals surface area contributed by atoms with Gasteiger partial charge in [0.25, 0.3) is 5.69 Å². The van der Waals surface area contributed by atoms with Gasteiger partial charge in [-0.1, -0.05) is 0 Å². The first-order valence-electron chi connectivity index (χ1n) is 4.78. The predicted octanol–water partition coefficient (Wildman–Crippen LogP) is 0.901. The highest BCUT2D eigenvalue weighted by Crippen LogP contribution is 2.12. The molecule has 0 unspecified atom stereocenters. The van der Waals surface area contributed by atoms with Crippen LogP contribution in [-0.2, 0) is 0 Å². The molecule has 0 heterocycles. The van der Waals surface area contributed by atoms with Crippen molar-refractivity contribution in [2.45, 2.75) is 6.92 Å². The highest BCUT2D eigenvalue weighted by Gasteiger charge is 2.04. The summed E-state index contributed by atoms with van der Waals surface area (Å²) >= 11 is 0. The molecular formula is C10H13N3O3. The van der Waals surface area contributed by atoms with E-state index in [1.165, 1.54) is 12.1 Å².